The molecule has 1 fully saturated rings. The summed E-state index contributed by atoms with van der Waals surface area (Å²) in [5, 5.41) is 3.62. The summed E-state index contributed by atoms with van der Waals surface area (Å²) in [7, 11) is 0. The first-order chi connectivity index (χ1) is 8.26. The molecule has 1 rings (SSSR count). The highest BCUT2D eigenvalue weighted by molar-refractivity contribution is 4.85. The molecule has 18 heavy (non-hydrogen) atoms. The molecule has 1 unspecified atom stereocenters. The average Bonchev–Trinajstić information content (AvgIpc) is 2.30. The predicted octanol–water partition coefficient (Wildman–Crippen LogP) is 3.52. The van der Waals surface area contributed by atoms with Crippen molar-refractivity contribution in [2.24, 2.45) is 10.8 Å². The van der Waals surface area contributed by atoms with Crippen LogP contribution in [0.3, 0.4) is 0 Å². The average molecular weight is 254 g/mol. The molecule has 0 amide bonds. The Bertz CT molecular complexity index is 237. The van der Waals surface area contributed by atoms with E-state index in [1.54, 1.807) is 0 Å². The van der Waals surface area contributed by atoms with Gasteiger partial charge in [-0.2, -0.15) is 0 Å². The number of likely N-dealkylation sites (tertiary alicyclic amines) is 1. The van der Waals surface area contributed by atoms with Gasteiger partial charge in [-0.15, -0.1) is 0 Å². The van der Waals surface area contributed by atoms with E-state index in [1.165, 1.54) is 38.9 Å². The van der Waals surface area contributed by atoms with Crippen molar-refractivity contribution in [1.29, 1.82) is 0 Å². The van der Waals surface area contributed by atoms with Crippen molar-refractivity contribution in [2.45, 2.75) is 66.8 Å². The van der Waals surface area contributed by atoms with Crippen LogP contribution in [0.2, 0.25) is 0 Å². The molecule has 0 spiro atoms. The SMILES string of the molecule is CCC(C)(CNC(C)C)CN1CCC(C)(C)CC1. The lowest BCUT2D eigenvalue weighted by Gasteiger charge is -2.41. The largest absolute Gasteiger partial charge is 0.314 e. The highest BCUT2D eigenvalue weighted by Gasteiger charge is 2.30. The van der Waals surface area contributed by atoms with E-state index >= 15 is 0 Å². The van der Waals surface area contributed by atoms with Crippen LogP contribution >= 0.6 is 0 Å². The number of piperidine rings is 1. The lowest BCUT2D eigenvalue weighted by Crippen LogP contribution is -2.47. The zero-order valence-corrected chi connectivity index (χ0v) is 13.5. The summed E-state index contributed by atoms with van der Waals surface area (Å²) in [6.07, 6.45) is 3.96. The zero-order valence-electron chi connectivity index (χ0n) is 13.5. The van der Waals surface area contributed by atoms with Crippen molar-refractivity contribution in [3.63, 3.8) is 0 Å². The second-order valence-electron chi connectivity index (χ2n) is 7.64. The Labute approximate surface area is 115 Å². The fourth-order valence-electron chi connectivity index (χ4n) is 2.60. The smallest absolute Gasteiger partial charge is 0.00474 e. The standard InChI is InChI=1S/C16H34N2/c1-7-16(6,12-17-14(2)3)13-18-10-8-15(4,5)9-11-18/h14,17H,7-13H2,1-6H3. The zero-order chi connectivity index (χ0) is 13.8. The summed E-state index contributed by atoms with van der Waals surface area (Å²) in [5.74, 6) is 0. The second kappa shape index (κ2) is 6.38. The lowest BCUT2D eigenvalue weighted by atomic mass is 9.80. The minimum atomic E-state index is 0.422. The first kappa shape index (κ1) is 16.0. The van der Waals surface area contributed by atoms with Gasteiger partial charge in [-0.05, 0) is 43.2 Å². The van der Waals surface area contributed by atoms with Crippen LogP contribution in [0.25, 0.3) is 0 Å². The molecule has 1 heterocycles. The van der Waals surface area contributed by atoms with Gasteiger partial charge in [0.2, 0.25) is 0 Å². The van der Waals surface area contributed by atoms with Gasteiger partial charge in [-0.1, -0.05) is 41.5 Å². The van der Waals surface area contributed by atoms with Crippen LogP contribution < -0.4 is 5.32 Å². The van der Waals surface area contributed by atoms with Crippen LogP contribution in [0, 0.1) is 10.8 Å². The monoisotopic (exact) mass is 254 g/mol. The van der Waals surface area contributed by atoms with E-state index in [0.717, 1.165) is 6.54 Å². The van der Waals surface area contributed by atoms with Crippen LogP contribution in [-0.4, -0.2) is 37.1 Å². The molecule has 0 aromatic carbocycles. The summed E-state index contributed by atoms with van der Waals surface area (Å²) >= 11 is 0. The van der Waals surface area contributed by atoms with E-state index in [9.17, 15) is 0 Å². The van der Waals surface area contributed by atoms with E-state index < -0.39 is 0 Å². The molecule has 1 aliphatic heterocycles. The Morgan fingerprint density at radius 2 is 1.78 bits per heavy atom. The number of hydrogen-bond donors (Lipinski definition) is 1. The molecule has 2 nitrogen and oxygen atoms in total. The van der Waals surface area contributed by atoms with Gasteiger partial charge >= 0.3 is 0 Å². The molecule has 0 aliphatic carbocycles. The maximum atomic E-state index is 3.62. The molecule has 2 heteroatoms. The normalized spacial score (nSPS) is 24.2. The minimum absolute atomic E-state index is 0.422. The Balaban J connectivity index is 2.43. The van der Waals surface area contributed by atoms with E-state index in [1.807, 2.05) is 0 Å². The van der Waals surface area contributed by atoms with Gasteiger partial charge in [-0.25, -0.2) is 0 Å². The number of rotatable bonds is 6. The lowest BCUT2D eigenvalue weighted by molar-refractivity contribution is 0.0851. The second-order valence-corrected chi connectivity index (χ2v) is 7.64. The maximum absolute atomic E-state index is 3.62. The van der Waals surface area contributed by atoms with Gasteiger partial charge < -0.3 is 10.2 Å². The van der Waals surface area contributed by atoms with Gasteiger partial charge in [0.1, 0.15) is 0 Å². The fourth-order valence-corrected chi connectivity index (χ4v) is 2.60. The van der Waals surface area contributed by atoms with Crippen molar-refractivity contribution in [3.05, 3.63) is 0 Å². The first-order valence-electron chi connectivity index (χ1n) is 7.72. The third-order valence-corrected chi connectivity index (χ3v) is 4.61. The molecule has 1 aliphatic rings. The highest BCUT2D eigenvalue weighted by Crippen LogP contribution is 2.32. The summed E-state index contributed by atoms with van der Waals surface area (Å²) < 4.78 is 0. The molecule has 1 atom stereocenters. The van der Waals surface area contributed by atoms with Crippen molar-refractivity contribution >= 4 is 0 Å². The molecule has 0 radical (unpaired) electrons. The third kappa shape index (κ3) is 5.27. The summed E-state index contributed by atoms with van der Waals surface area (Å²) in [6.45, 7) is 19.0. The van der Waals surface area contributed by atoms with Crippen molar-refractivity contribution in [3.8, 4) is 0 Å². The molecule has 0 saturated carbocycles. The van der Waals surface area contributed by atoms with Crippen LogP contribution in [0.1, 0.15) is 60.8 Å². The quantitative estimate of drug-likeness (QED) is 0.780. The minimum Gasteiger partial charge on any atom is -0.314 e. The number of nitrogens with zero attached hydrogens (tertiary/aromatic N) is 1. The van der Waals surface area contributed by atoms with Gasteiger partial charge in [0.15, 0.2) is 0 Å². The Hall–Kier alpha value is -0.0800. The van der Waals surface area contributed by atoms with Gasteiger partial charge in [-0.3, -0.25) is 0 Å². The molecule has 1 N–H and O–H groups in total. The molecule has 108 valence electrons. The molecule has 0 aromatic heterocycles. The van der Waals surface area contributed by atoms with Crippen LogP contribution in [-0.2, 0) is 0 Å². The Morgan fingerprint density at radius 1 is 1.22 bits per heavy atom. The fraction of sp³-hybridized carbons (Fsp3) is 1.00. The van der Waals surface area contributed by atoms with Gasteiger partial charge in [0.05, 0.1) is 0 Å². The summed E-state index contributed by atoms with van der Waals surface area (Å²) in [5.41, 5.74) is 0.987. The van der Waals surface area contributed by atoms with E-state index in [-0.39, 0.29) is 0 Å². The molecule has 0 aromatic rings. The van der Waals surface area contributed by atoms with Crippen LogP contribution in [0.5, 0.6) is 0 Å². The van der Waals surface area contributed by atoms with Gasteiger partial charge in [0.25, 0.3) is 0 Å². The van der Waals surface area contributed by atoms with Crippen molar-refractivity contribution < 1.29 is 0 Å². The number of hydrogen-bond acceptors (Lipinski definition) is 2. The maximum Gasteiger partial charge on any atom is 0.00474 e. The molecular formula is C16H34N2. The van der Waals surface area contributed by atoms with Gasteiger partial charge in [0, 0.05) is 19.1 Å². The third-order valence-electron chi connectivity index (χ3n) is 4.61. The predicted molar refractivity (Wildman–Crippen MR) is 81.0 cm³/mol. The highest BCUT2D eigenvalue weighted by atomic mass is 15.1. The topological polar surface area (TPSA) is 15.3 Å². The molecule has 1 saturated heterocycles. The molecular weight excluding hydrogens is 220 g/mol. The van der Waals surface area contributed by atoms with Crippen LogP contribution in [0.4, 0.5) is 0 Å². The molecule has 0 bridgehead atoms. The summed E-state index contributed by atoms with van der Waals surface area (Å²) in [4.78, 5) is 2.68. The van der Waals surface area contributed by atoms with E-state index in [2.05, 4.69) is 51.8 Å². The number of nitrogens with one attached hydrogen (secondary N) is 1. The van der Waals surface area contributed by atoms with Crippen LogP contribution in [0.15, 0.2) is 0 Å². The first-order valence-corrected chi connectivity index (χ1v) is 7.72. The van der Waals surface area contributed by atoms with Crippen molar-refractivity contribution in [2.75, 3.05) is 26.2 Å². The van der Waals surface area contributed by atoms with E-state index in [4.69, 9.17) is 0 Å². The Kier molecular flexibility index (Phi) is 5.67. The Morgan fingerprint density at radius 3 is 2.22 bits per heavy atom. The summed E-state index contributed by atoms with van der Waals surface area (Å²) in [6, 6.07) is 0.594. The van der Waals surface area contributed by atoms with Crippen molar-refractivity contribution in [1.82, 2.24) is 10.2 Å². The van der Waals surface area contributed by atoms with E-state index in [0.29, 0.717) is 16.9 Å².